The first kappa shape index (κ1) is 8.02. The summed E-state index contributed by atoms with van der Waals surface area (Å²) in [6, 6.07) is 0. The summed E-state index contributed by atoms with van der Waals surface area (Å²) in [7, 11) is 3.97. The van der Waals surface area contributed by atoms with E-state index in [1.54, 1.807) is 0 Å². The summed E-state index contributed by atoms with van der Waals surface area (Å²) < 4.78 is 5.30. The number of rotatable bonds is 1. The van der Waals surface area contributed by atoms with Crippen molar-refractivity contribution in [3.8, 4) is 0 Å². The third kappa shape index (κ3) is 2.27. The van der Waals surface area contributed by atoms with E-state index < -0.39 is 0 Å². The van der Waals surface area contributed by atoms with Gasteiger partial charge in [0.1, 0.15) is 0 Å². The van der Waals surface area contributed by atoms with Crippen LogP contribution >= 0.6 is 0 Å². The molecule has 1 aliphatic heterocycles. The van der Waals surface area contributed by atoms with Crippen LogP contribution in [0.1, 0.15) is 19.3 Å². The van der Waals surface area contributed by atoms with Crippen LogP contribution in [0.5, 0.6) is 0 Å². The van der Waals surface area contributed by atoms with Crippen LogP contribution < -0.4 is 0 Å². The maximum Gasteiger partial charge on any atom is 0.0698 e. The van der Waals surface area contributed by atoms with Gasteiger partial charge >= 0.3 is 0 Å². The van der Waals surface area contributed by atoms with Crippen molar-refractivity contribution in [2.45, 2.75) is 25.4 Å². The second-order valence-corrected chi connectivity index (χ2v) is 3.12. The van der Waals surface area contributed by atoms with Crippen molar-refractivity contribution in [2.24, 2.45) is 0 Å². The first-order valence-corrected chi connectivity index (χ1v) is 4.04. The molecule has 0 aliphatic carbocycles. The predicted octanol–water partition coefficient (Wildman–Crippen LogP) is 1.12. The van der Waals surface area contributed by atoms with Crippen molar-refractivity contribution in [3.63, 3.8) is 0 Å². The normalized spacial score (nSPS) is 30.0. The van der Waals surface area contributed by atoms with Crippen molar-refractivity contribution in [1.82, 2.24) is 4.90 Å². The van der Waals surface area contributed by atoms with Gasteiger partial charge in [0.15, 0.2) is 0 Å². The Bertz CT molecular complexity index is 95.3. The zero-order chi connectivity index (χ0) is 7.40. The van der Waals surface area contributed by atoms with Gasteiger partial charge < -0.3 is 9.64 Å². The molecule has 0 radical (unpaired) electrons. The minimum atomic E-state index is 0.479. The van der Waals surface area contributed by atoms with Gasteiger partial charge in [-0.05, 0) is 32.9 Å². The number of hydrogen-bond donors (Lipinski definition) is 0. The van der Waals surface area contributed by atoms with E-state index >= 15 is 0 Å². The van der Waals surface area contributed by atoms with Gasteiger partial charge in [-0.15, -0.1) is 0 Å². The number of ether oxygens (including phenoxy) is 1. The van der Waals surface area contributed by atoms with Crippen LogP contribution in [-0.2, 0) is 4.74 Å². The Balaban J connectivity index is 2.30. The predicted molar refractivity (Wildman–Crippen MR) is 42.1 cm³/mol. The van der Waals surface area contributed by atoms with Crippen molar-refractivity contribution in [3.05, 3.63) is 0 Å². The molecule has 1 saturated heterocycles. The van der Waals surface area contributed by atoms with Gasteiger partial charge in [-0.25, -0.2) is 0 Å². The molecule has 0 aromatic rings. The zero-order valence-corrected chi connectivity index (χ0v) is 6.97. The third-order valence-electron chi connectivity index (χ3n) is 2.16. The molecule has 0 saturated carbocycles. The van der Waals surface area contributed by atoms with Crippen molar-refractivity contribution < 1.29 is 4.74 Å². The molecule has 0 N–H and O–H groups in total. The molecule has 1 atom stereocenters. The highest BCUT2D eigenvalue weighted by Gasteiger charge is 2.13. The summed E-state index contributed by atoms with van der Waals surface area (Å²) >= 11 is 0. The lowest BCUT2D eigenvalue weighted by molar-refractivity contribution is 0.0757. The maximum atomic E-state index is 5.30. The van der Waals surface area contributed by atoms with E-state index in [1.807, 2.05) is 7.11 Å². The largest absolute Gasteiger partial charge is 0.380 e. The number of likely N-dealkylation sites (N-methyl/N-ethyl adjacent to an activating group) is 1. The molecular formula is C8H17NO. The SMILES string of the molecule is COC1CCCCN(C)C1. The highest BCUT2D eigenvalue weighted by molar-refractivity contribution is 4.67. The summed E-state index contributed by atoms with van der Waals surface area (Å²) in [6.07, 6.45) is 4.37. The lowest BCUT2D eigenvalue weighted by Gasteiger charge is -2.17. The number of methoxy groups -OCH3 is 1. The Morgan fingerprint density at radius 2 is 2.20 bits per heavy atom. The molecule has 60 valence electrons. The second-order valence-electron chi connectivity index (χ2n) is 3.12. The van der Waals surface area contributed by atoms with Crippen LogP contribution in [0.4, 0.5) is 0 Å². The van der Waals surface area contributed by atoms with Gasteiger partial charge in [-0.1, -0.05) is 0 Å². The Hall–Kier alpha value is -0.0800. The summed E-state index contributed by atoms with van der Waals surface area (Å²) in [5.41, 5.74) is 0. The van der Waals surface area contributed by atoms with Crippen molar-refractivity contribution >= 4 is 0 Å². The molecule has 10 heavy (non-hydrogen) atoms. The summed E-state index contributed by atoms with van der Waals surface area (Å²) in [5.74, 6) is 0. The fourth-order valence-electron chi connectivity index (χ4n) is 1.48. The second kappa shape index (κ2) is 3.94. The molecule has 0 aromatic carbocycles. The standard InChI is InChI=1S/C8H17NO/c1-9-6-4-3-5-8(7-9)10-2/h8H,3-7H2,1-2H3. The van der Waals surface area contributed by atoms with Gasteiger partial charge in [0.05, 0.1) is 6.10 Å². The minimum absolute atomic E-state index is 0.479. The molecule has 2 nitrogen and oxygen atoms in total. The first-order chi connectivity index (χ1) is 4.83. The van der Waals surface area contributed by atoms with Crippen LogP contribution in [0.15, 0.2) is 0 Å². The van der Waals surface area contributed by atoms with Gasteiger partial charge in [0, 0.05) is 13.7 Å². The van der Waals surface area contributed by atoms with Crippen LogP contribution in [0.3, 0.4) is 0 Å². The molecule has 1 rings (SSSR count). The first-order valence-electron chi connectivity index (χ1n) is 4.04. The summed E-state index contributed by atoms with van der Waals surface area (Å²) in [5, 5.41) is 0. The molecule has 0 spiro atoms. The number of likely N-dealkylation sites (tertiary alicyclic amines) is 1. The lowest BCUT2D eigenvalue weighted by atomic mass is 10.2. The monoisotopic (exact) mass is 143 g/mol. The molecular weight excluding hydrogens is 126 g/mol. The molecule has 1 aliphatic rings. The molecule has 1 heterocycles. The quantitative estimate of drug-likeness (QED) is 0.545. The molecule has 0 bridgehead atoms. The van der Waals surface area contributed by atoms with E-state index in [2.05, 4.69) is 11.9 Å². The molecule has 0 aromatic heterocycles. The van der Waals surface area contributed by atoms with Gasteiger partial charge in [-0.3, -0.25) is 0 Å². The average molecular weight is 143 g/mol. The van der Waals surface area contributed by atoms with E-state index in [4.69, 9.17) is 4.74 Å². The van der Waals surface area contributed by atoms with E-state index in [-0.39, 0.29) is 0 Å². The van der Waals surface area contributed by atoms with E-state index in [0.29, 0.717) is 6.10 Å². The van der Waals surface area contributed by atoms with Crippen LogP contribution in [0.2, 0.25) is 0 Å². The minimum Gasteiger partial charge on any atom is -0.380 e. The van der Waals surface area contributed by atoms with Gasteiger partial charge in [0.2, 0.25) is 0 Å². The molecule has 2 heteroatoms. The maximum absolute atomic E-state index is 5.30. The van der Waals surface area contributed by atoms with Crippen LogP contribution in [0, 0.1) is 0 Å². The average Bonchev–Trinajstić information content (AvgIpc) is 2.13. The van der Waals surface area contributed by atoms with Crippen LogP contribution in [0.25, 0.3) is 0 Å². The highest BCUT2D eigenvalue weighted by atomic mass is 16.5. The Morgan fingerprint density at radius 1 is 1.40 bits per heavy atom. The number of hydrogen-bond acceptors (Lipinski definition) is 2. The summed E-state index contributed by atoms with van der Waals surface area (Å²) in [4.78, 5) is 2.35. The molecule has 1 unspecified atom stereocenters. The van der Waals surface area contributed by atoms with E-state index in [0.717, 1.165) is 6.54 Å². The Kier molecular flexibility index (Phi) is 3.16. The van der Waals surface area contributed by atoms with Crippen LogP contribution in [-0.4, -0.2) is 38.3 Å². The fraction of sp³-hybridized carbons (Fsp3) is 1.00. The molecule has 1 fully saturated rings. The zero-order valence-electron chi connectivity index (χ0n) is 6.97. The third-order valence-corrected chi connectivity index (χ3v) is 2.16. The number of nitrogens with zero attached hydrogens (tertiary/aromatic N) is 1. The molecule has 0 amide bonds. The van der Waals surface area contributed by atoms with E-state index in [9.17, 15) is 0 Å². The fourth-order valence-corrected chi connectivity index (χ4v) is 1.48. The van der Waals surface area contributed by atoms with Gasteiger partial charge in [-0.2, -0.15) is 0 Å². The lowest BCUT2D eigenvalue weighted by Crippen LogP contribution is -2.28. The Morgan fingerprint density at radius 3 is 2.90 bits per heavy atom. The van der Waals surface area contributed by atoms with E-state index in [1.165, 1.54) is 25.8 Å². The summed E-state index contributed by atoms with van der Waals surface area (Å²) in [6.45, 7) is 2.34. The topological polar surface area (TPSA) is 12.5 Å². The smallest absolute Gasteiger partial charge is 0.0698 e. The highest BCUT2D eigenvalue weighted by Crippen LogP contribution is 2.10. The van der Waals surface area contributed by atoms with Crippen molar-refractivity contribution in [2.75, 3.05) is 27.2 Å². The van der Waals surface area contributed by atoms with Gasteiger partial charge in [0.25, 0.3) is 0 Å². The van der Waals surface area contributed by atoms with Crippen molar-refractivity contribution in [1.29, 1.82) is 0 Å². The Labute approximate surface area is 63.2 Å².